The second-order valence-electron chi connectivity index (χ2n) is 13.3. The number of amides is 3. The number of nitrogens with one attached hydrogen (secondary N) is 2. The number of benzene rings is 2. The van der Waals surface area contributed by atoms with E-state index >= 15 is 0 Å². The Bertz CT molecular complexity index is 2150. The SMILES string of the molecule is COc1cc(C(C(=O)NC2CCCCC2)N2CC(=O)Nc3ccc(Cl)cc3C2=O)ccc1OS(=O)(=O)C(F)(F)C(F)(F)C(F)(F)C(F)(F)C(F)(F)C(F)(F)C(F)(F)C(F)(F)F. The van der Waals surface area contributed by atoms with E-state index in [2.05, 4.69) is 14.8 Å². The Morgan fingerprint density at radius 1 is 0.754 bits per heavy atom. The molecule has 1 fully saturated rings. The van der Waals surface area contributed by atoms with Crippen LogP contribution in [0.2, 0.25) is 5.02 Å². The highest BCUT2D eigenvalue weighted by atomic mass is 35.5. The van der Waals surface area contributed by atoms with Crippen LogP contribution in [0.15, 0.2) is 36.4 Å². The molecular weight excluding hydrogens is 929 g/mol. The summed E-state index contributed by atoms with van der Waals surface area (Å²) in [6.07, 6.45) is -5.16. The fourth-order valence-electron chi connectivity index (χ4n) is 5.98. The summed E-state index contributed by atoms with van der Waals surface area (Å²) in [6, 6.07) is 2.15. The van der Waals surface area contributed by atoms with Crippen molar-refractivity contribution in [3.8, 4) is 11.5 Å². The zero-order chi connectivity index (χ0) is 46.7. The summed E-state index contributed by atoms with van der Waals surface area (Å²) in [6.45, 7) is -0.929. The monoisotopic (exact) mass is 953 g/mol. The molecule has 0 saturated heterocycles. The molecule has 61 heavy (non-hydrogen) atoms. The van der Waals surface area contributed by atoms with Gasteiger partial charge >= 0.3 is 57.1 Å². The molecule has 2 aromatic rings. The quantitative estimate of drug-likeness (QED) is 0.143. The second kappa shape index (κ2) is 16.0. The Kier molecular flexibility index (Phi) is 12.9. The number of nitrogens with zero attached hydrogens (tertiary/aromatic N) is 1. The van der Waals surface area contributed by atoms with Crippen molar-refractivity contribution in [1.29, 1.82) is 0 Å². The van der Waals surface area contributed by atoms with Crippen LogP contribution >= 0.6 is 11.6 Å². The van der Waals surface area contributed by atoms with Crippen molar-refractivity contribution in [2.24, 2.45) is 0 Å². The zero-order valence-corrected chi connectivity index (χ0v) is 31.5. The normalized spacial score (nSPS) is 17.6. The highest BCUT2D eigenvalue weighted by Gasteiger charge is 2.96. The predicted molar refractivity (Wildman–Crippen MR) is 172 cm³/mol. The van der Waals surface area contributed by atoms with Gasteiger partial charge in [0.1, 0.15) is 12.6 Å². The molecule has 342 valence electrons. The lowest BCUT2D eigenvalue weighted by molar-refractivity contribution is -0.458. The molecular formula is C32H25ClF17N3O7S. The number of fused-ring (bicyclic) bond motifs is 1. The molecule has 0 aromatic heterocycles. The summed E-state index contributed by atoms with van der Waals surface area (Å²) in [5, 5.41) is -3.05. The first-order valence-electron chi connectivity index (χ1n) is 16.6. The first-order valence-corrected chi connectivity index (χ1v) is 18.4. The van der Waals surface area contributed by atoms with Crippen LogP contribution < -0.4 is 19.6 Å². The number of hydrogen-bond acceptors (Lipinski definition) is 7. The van der Waals surface area contributed by atoms with E-state index in [1.165, 1.54) is 12.1 Å². The molecule has 0 bridgehead atoms. The topological polar surface area (TPSA) is 131 Å². The molecule has 0 spiro atoms. The third kappa shape index (κ3) is 8.05. The largest absolute Gasteiger partial charge is 0.493 e. The van der Waals surface area contributed by atoms with Crippen molar-refractivity contribution in [1.82, 2.24) is 10.2 Å². The van der Waals surface area contributed by atoms with Crippen LogP contribution in [0.5, 0.6) is 11.5 Å². The van der Waals surface area contributed by atoms with Crippen LogP contribution in [0, 0.1) is 0 Å². The van der Waals surface area contributed by atoms with E-state index in [9.17, 15) is 97.4 Å². The molecule has 2 N–H and O–H groups in total. The average molecular weight is 954 g/mol. The van der Waals surface area contributed by atoms with Crippen molar-refractivity contribution in [3.05, 3.63) is 52.5 Å². The van der Waals surface area contributed by atoms with Gasteiger partial charge in [-0.25, -0.2) is 0 Å². The van der Waals surface area contributed by atoms with E-state index < -0.39 is 110 Å². The number of anilines is 1. The molecule has 2 aromatic carbocycles. The molecule has 4 rings (SSSR count). The maximum absolute atomic E-state index is 14.9. The lowest BCUT2D eigenvalue weighted by Gasteiger charge is -2.42. The zero-order valence-electron chi connectivity index (χ0n) is 29.9. The molecule has 1 aliphatic carbocycles. The van der Waals surface area contributed by atoms with Gasteiger partial charge in [-0.15, -0.1) is 0 Å². The van der Waals surface area contributed by atoms with E-state index in [1.807, 2.05) is 0 Å². The van der Waals surface area contributed by atoms with E-state index in [0.717, 1.165) is 12.5 Å². The van der Waals surface area contributed by atoms with Gasteiger partial charge in [-0.3, -0.25) is 14.4 Å². The summed E-state index contributed by atoms with van der Waals surface area (Å²) < 4.78 is 268. The third-order valence-corrected chi connectivity index (χ3v) is 10.8. The molecule has 10 nitrogen and oxygen atoms in total. The van der Waals surface area contributed by atoms with Crippen LogP contribution in [0.4, 0.5) is 80.3 Å². The summed E-state index contributed by atoms with van der Waals surface area (Å²) in [5.41, 5.74) is -0.936. The third-order valence-electron chi connectivity index (χ3n) is 9.28. The van der Waals surface area contributed by atoms with Gasteiger partial charge in [0.25, 0.3) is 5.91 Å². The van der Waals surface area contributed by atoms with Gasteiger partial charge in [0.15, 0.2) is 11.5 Å². The Morgan fingerprint density at radius 2 is 1.28 bits per heavy atom. The molecule has 1 saturated carbocycles. The molecule has 1 atom stereocenters. The van der Waals surface area contributed by atoms with E-state index in [0.29, 0.717) is 49.8 Å². The number of halogens is 18. The van der Waals surface area contributed by atoms with Gasteiger partial charge in [-0.2, -0.15) is 83.1 Å². The molecule has 1 unspecified atom stereocenters. The lowest BCUT2D eigenvalue weighted by Crippen LogP contribution is -2.75. The Balaban J connectivity index is 1.78. The minimum Gasteiger partial charge on any atom is -0.493 e. The first-order chi connectivity index (χ1) is 27.6. The average Bonchev–Trinajstić information content (AvgIpc) is 3.26. The Labute approximate surface area is 335 Å². The fourth-order valence-corrected chi connectivity index (χ4v) is 7.07. The fraction of sp³-hybridized carbons (Fsp3) is 0.531. The van der Waals surface area contributed by atoms with Crippen LogP contribution in [0.25, 0.3) is 0 Å². The molecule has 3 amide bonds. The van der Waals surface area contributed by atoms with Gasteiger partial charge in [-0.05, 0) is 48.7 Å². The standard InChI is InChI=1S/C32H25ClF17N3O7S/c1-59-20-11-14(22(23(55)51-16-5-3-2-4-6-16)53-13-21(54)52-18-9-8-15(33)12-17(18)24(53)56)7-10-19(20)60-61(57,58)32(49,50)30(44,45)28(40,41)26(36,37)25(34,35)27(38,39)29(42,43)31(46,47)48/h7-12,16,22H,2-6,13H2,1H3,(H,51,55)(H,52,54). The van der Waals surface area contributed by atoms with Crippen LogP contribution in [0.3, 0.4) is 0 Å². The number of alkyl halides is 17. The van der Waals surface area contributed by atoms with Crippen LogP contribution in [-0.2, 0) is 19.7 Å². The number of hydrogen-bond donors (Lipinski definition) is 2. The van der Waals surface area contributed by atoms with E-state index in [-0.39, 0.29) is 22.3 Å². The van der Waals surface area contributed by atoms with Crippen molar-refractivity contribution in [2.75, 3.05) is 19.0 Å². The Morgan fingerprint density at radius 3 is 1.80 bits per heavy atom. The predicted octanol–water partition coefficient (Wildman–Crippen LogP) is 8.61. The smallest absolute Gasteiger partial charge is 0.460 e. The molecule has 0 radical (unpaired) electrons. The van der Waals surface area contributed by atoms with Crippen molar-refractivity contribution < 1.29 is 106 Å². The second-order valence-corrected chi connectivity index (χ2v) is 15.3. The molecule has 1 aliphatic heterocycles. The van der Waals surface area contributed by atoms with E-state index in [1.54, 1.807) is 0 Å². The van der Waals surface area contributed by atoms with Crippen molar-refractivity contribution in [3.63, 3.8) is 0 Å². The van der Waals surface area contributed by atoms with E-state index in [4.69, 9.17) is 16.3 Å². The summed E-state index contributed by atoms with van der Waals surface area (Å²) >= 11 is 6.00. The molecule has 2 aliphatic rings. The minimum atomic E-state index is -9.05. The highest BCUT2D eigenvalue weighted by molar-refractivity contribution is 7.88. The lowest BCUT2D eigenvalue weighted by atomic mass is 9.91. The molecule has 1 heterocycles. The molecule has 29 heteroatoms. The van der Waals surface area contributed by atoms with Gasteiger partial charge in [0.2, 0.25) is 11.8 Å². The minimum absolute atomic E-state index is 0.0469. The number of carbonyl (C=O) groups excluding carboxylic acids is 3. The Hall–Kier alpha value is -4.50. The number of rotatable bonds is 14. The van der Waals surface area contributed by atoms with Gasteiger partial charge < -0.3 is 24.5 Å². The number of ether oxygens (including phenoxy) is 1. The maximum Gasteiger partial charge on any atom is 0.460 e. The van der Waals surface area contributed by atoms with Crippen molar-refractivity contribution in [2.45, 2.75) is 91.2 Å². The summed E-state index contributed by atoms with van der Waals surface area (Å²) in [5.74, 6) is -59.0. The number of methoxy groups -OCH3 is 1. The summed E-state index contributed by atoms with van der Waals surface area (Å²) in [7, 11) is -7.53. The van der Waals surface area contributed by atoms with Crippen molar-refractivity contribution >= 4 is 45.1 Å². The van der Waals surface area contributed by atoms with Crippen LogP contribution in [-0.4, -0.2) is 97.7 Å². The van der Waals surface area contributed by atoms with Crippen LogP contribution in [0.1, 0.15) is 54.1 Å². The van der Waals surface area contributed by atoms with Gasteiger partial charge in [0.05, 0.1) is 18.4 Å². The highest BCUT2D eigenvalue weighted by Crippen LogP contribution is 2.64. The summed E-state index contributed by atoms with van der Waals surface area (Å²) in [4.78, 5) is 41.2. The number of carbonyl (C=O) groups is 3. The van der Waals surface area contributed by atoms with Gasteiger partial charge in [0, 0.05) is 11.1 Å². The van der Waals surface area contributed by atoms with Gasteiger partial charge in [-0.1, -0.05) is 36.9 Å². The maximum atomic E-state index is 14.9. The first kappa shape index (κ1) is 49.2.